The highest BCUT2D eigenvalue weighted by Gasteiger charge is 2.50. The second kappa shape index (κ2) is 34.6. The van der Waals surface area contributed by atoms with Crippen LogP contribution in [0.25, 0.3) is 0 Å². The number of aliphatic hydroxyl groups is 8. The van der Waals surface area contributed by atoms with E-state index in [0.29, 0.717) is 60.4 Å². The van der Waals surface area contributed by atoms with E-state index in [1.807, 2.05) is 68.2 Å². The van der Waals surface area contributed by atoms with Crippen LogP contribution in [0.1, 0.15) is 46.0 Å². The minimum Gasteiger partial charge on any atom is -0.391 e. The quantitative estimate of drug-likeness (QED) is 0.0831. The smallest absolute Gasteiger partial charge is 0.222 e. The van der Waals surface area contributed by atoms with Gasteiger partial charge >= 0.3 is 0 Å². The van der Waals surface area contributed by atoms with Gasteiger partial charge in [0.25, 0.3) is 0 Å². The predicted molar refractivity (Wildman–Crippen MR) is 400 cm³/mol. The summed E-state index contributed by atoms with van der Waals surface area (Å²) in [6.45, 7) is 31.0. The molecule has 0 saturated carbocycles. The van der Waals surface area contributed by atoms with E-state index >= 15 is 0 Å². The Labute approximate surface area is 570 Å². The zero-order valence-corrected chi connectivity index (χ0v) is 62.9. The lowest BCUT2D eigenvalue weighted by atomic mass is 10.1. The van der Waals surface area contributed by atoms with Gasteiger partial charge in [-0.1, -0.05) is 33.2 Å². The third-order valence-corrected chi connectivity index (χ3v) is 22.6. The SMILES string of the molecule is C=C1N=C(N(C)C)C=CN1[C@@H]1O[C@H](CCP(=C)(C)C)[C@@H](O)[C@H]1O.C=C1N=C(N(C)C)C=CN1[C@@H]1O[C@H](CCP(=C)(C)C)[C@@H](O)[C@H]1OC.C=C1N=C(N)C(CO)=CN1[C@@H]1O[C@H](CCP(=C)(C)C)[C@@H](O)[C@H]1O.C=C1N=C(NC(C)=O)C(CC)=CN1[C@@H]1O[C@H](CCP(=C)(C)C)[C@@H](O)[C@H]1O. The van der Waals surface area contributed by atoms with Gasteiger partial charge in [-0.2, -0.15) is 0 Å². The Morgan fingerprint density at radius 2 is 0.865 bits per heavy atom. The number of aliphatic imine (C=N–C) groups is 4. The summed E-state index contributed by atoms with van der Waals surface area (Å²) in [5, 5.41) is 84.6. The fourth-order valence-corrected chi connectivity index (χ4v) is 14.9. The molecule has 1 amide bonds. The second-order valence-electron chi connectivity index (χ2n) is 28.3. The number of ether oxygens (including phenoxy) is 5. The van der Waals surface area contributed by atoms with Crippen LogP contribution < -0.4 is 11.1 Å². The number of carbonyl (C=O) groups excluding carboxylic acids is 1. The number of rotatable bonds is 19. The Morgan fingerprint density at radius 1 is 0.542 bits per heavy atom. The number of nitrogens with zero attached hydrogens (tertiary/aromatic N) is 10. The summed E-state index contributed by atoms with van der Waals surface area (Å²) in [4.78, 5) is 39.0. The van der Waals surface area contributed by atoms with Crippen molar-refractivity contribution in [2.75, 3.05) is 120 Å². The van der Waals surface area contributed by atoms with E-state index < -0.39 is 120 Å². The lowest BCUT2D eigenvalue weighted by Gasteiger charge is -2.33. The summed E-state index contributed by atoms with van der Waals surface area (Å²) in [5.41, 5.74) is 6.91. The molecule has 26 nitrogen and oxygen atoms in total. The van der Waals surface area contributed by atoms with E-state index in [0.717, 1.165) is 48.3 Å². The van der Waals surface area contributed by atoms with E-state index in [2.05, 4.69) is 130 Å². The zero-order chi connectivity index (χ0) is 72.4. The van der Waals surface area contributed by atoms with Crippen molar-refractivity contribution in [3.63, 3.8) is 0 Å². The van der Waals surface area contributed by atoms with Crippen LogP contribution >= 0.6 is 27.5 Å². The first kappa shape index (κ1) is 82.0. The lowest BCUT2D eigenvalue weighted by molar-refractivity contribution is -0.117. The average Bonchev–Trinajstić information content (AvgIpc) is 1.54. The molecule has 11 N–H and O–H groups in total. The van der Waals surface area contributed by atoms with E-state index in [1.165, 1.54) is 11.8 Å². The third kappa shape index (κ3) is 22.7. The van der Waals surface area contributed by atoms with Gasteiger partial charge in [-0.05, 0) is 122 Å². The Bertz CT molecular complexity index is 3250. The summed E-state index contributed by atoms with van der Waals surface area (Å²) >= 11 is 0. The van der Waals surface area contributed by atoms with Crippen molar-refractivity contribution in [2.45, 2.75) is 144 Å². The minimum atomic E-state index is -1.24. The first-order valence-electron chi connectivity index (χ1n) is 32.0. The Hall–Kier alpha value is -4.65. The van der Waals surface area contributed by atoms with Crippen molar-refractivity contribution in [1.82, 2.24) is 34.7 Å². The van der Waals surface area contributed by atoms with Gasteiger partial charge in [0.15, 0.2) is 24.9 Å². The summed E-state index contributed by atoms with van der Waals surface area (Å²) in [5.74, 6) is 3.72. The minimum absolute atomic E-state index is 0.182. The molecule has 542 valence electrons. The number of hydrogen-bond acceptors (Lipinski definition) is 25. The molecular formula is C66H114N12O14P4. The number of hydrogen-bond donors (Lipinski definition) is 10. The number of amides is 1. The van der Waals surface area contributed by atoms with Crippen LogP contribution in [0.15, 0.2) is 118 Å². The maximum absolute atomic E-state index is 11.3. The van der Waals surface area contributed by atoms with Gasteiger partial charge in [-0.15, -0.1) is 52.7 Å². The van der Waals surface area contributed by atoms with Gasteiger partial charge in [0.1, 0.15) is 95.5 Å². The molecule has 0 bridgehead atoms. The van der Waals surface area contributed by atoms with Crippen molar-refractivity contribution in [1.29, 1.82) is 0 Å². The highest BCUT2D eigenvalue weighted by atomic mass is 31.2. The van der Waals surface area contributed by atoms with E-state index in [1.54, 1.807) is 35.5 Å². The van der Waals surface area contributed by atoms with Crippen LogP contribution in [0, 0.1) is 0 Å². The predicted octanol–water partition coefficient (Wildman–Crippen LogP) is 2.94. The molecule has 0 unspecified atom stereocenters. The van der Waals surface area contributed by atoms with Crippen molar-refractivity contribution < 1.29 is 69.3 Å². The van der Waals surface area contributed by atoms with Crippen molar-refractivity contribution in [2.24, 2.45) is 25.7 Å². The van der Waals surface area contributed by atoms with Crippen molar-refractivity contribution >= 4 is 82.0 Å². The molecule has 0 spiro atoms. The van der Waals surface area contributed by atoms with Crippen molar-refractivity contribution in [3.8, 4) is 0 Å². The molecule has 0 aromatic rings. The highest BCUT2D eigenvalue weighted by molar-refractivity contribution is 7.73. The van der Waals surface area contributed by atoms with E-state index in [9.17, 15) is 45.6 Å². The summed E-state index contributed by atoms with van der Waals surface area (Å²) in [7, 11) is 9.25. The fourth-order valence-electron chi connectivity index (χ4n) is 11.1. The molecule has 4 fully saturated rings. The first-order valence-corrected chi connectivity index (χ1v) is 44.2. The molecule has 16 atom stereocenters. The third-order valence-electron chi connectivity index (χ3n) is 16.7. The van der Waals surface area contributed by atoms with Crippen LogP contribution in [0.4, 0.5) is 0 Å². The Morgan fingerprint density at radius 3 is 1.19 bits per heavy atom. The highest BCUT2D eigenvalue weighted by Crippen LogP contribution is 2.43. The maximum Gasteiger partial charge on any atom is 0.222 e. The van der Waals surface area contributed by atoms with Gasteiger partial charge in [-0.25, -0.2) is 20.0 Å². The molecular weight excluding hydrogens is 1310 g/mol. The molecule has 8 aliphatic rings. The van der Waals surface area contributed by atoms with Gasteiger partial charge in [0, 0.05) is 78.2 Å². The second-order valence-corrected chi connectivity index (χ2v) is 45.6. The number of likely N-dealkylation sites (N-methyl/N-ethyl adjacent to an activating group) is 2. The van der Waals surface area contributed by atoms with Crippen LogP contribution in [-0.2, 0) is 28.5 Å². The molecule has 0 aromatic heterocycles. The summed E-state index contributed by atoms with van der Waals surface area (Å²) < 4.78 is 29.3. The molecule has 8 heterocycles. The standard InChI is InChI=1S/C18H30N3O4P.C17H30N3O3P.C16H28N3O3P.C15H26N3O4P/c1-7-13-10-21(11(2)19-17(13)20-12(3)22)18-16(24)15(23)14(25-18)8-9-26(4,5)6;1-12-18-14(19(2)3)8-10-20(12)17-16(22-4)15(21)13(23-17)9-11-24(5,6)7;1-11-17-13(18(2)3)7-9-19(11)16-15(21)14(20)12(22-16)8-10-23(4,5)6;1-9-17-14(16)10(8-19)7-18(9)15-13(21)12(20)11(22-15)5-6-23(2,3)4/h10,14-16,18,23-24H,2,4,7-9H2,1,3,5-6H3,(H,19,20,22);8,10,13,15-17,21H,1,5,9,11H2,2-4,6-7H3;7,9,12,14-16,20-21H,1,4,8,10H2,2-3,5-6H3;7,11-13,15,19-21H,1-2,5-6,8H2,3-4H3,(H2,16,17)/t14-,15-,16-,18-;13-,15-,16-,17-;12-,14-,15-,16-;11-,12-,13-,15-/m1111/s1. The lowest BCUT2D eigenvalue weighted by Crippen LogP contribution is -2.43. The van der Waals surface area contributed by atoms with Gasteiger partial charge in [0.05, 0.1) is 31.0 Å². The van der Waals surface area contributed by atoms with E-state index in [4.69, 9.17) is 29.4 Å². The number of nitrogens with one attached hydrogen (secondary N) is 1. The number of carbonyl (C=O) groups is 1. The number of amidine groups is 4. The molecule has 0 radical (unpaired) electrons. The zero-order valence-electron chi connectivity index (χ0n) is 59.3. The van der Waals surface area contributed by atoms with Crippen LogP contribution in [-0.4, -0.2) is 343 Å². The molecule has 8 aliphatic heterocycles. The molecule has 30 heteroatoms. The fraction of sp³-hybridized carbons (Fsp3) is 0.621. The Balaban J connectivity index is 0.000000232. The van der Waals surface area contributed by atoms with Crippen molar-refractivity contribution in [3.05, 3.63) is 97.7 Å². The van der Waals surface area contributed by atoms with E-state index in [-0.39, 0.29) is 24.5 Å². The first-order chi connectivity index (χ1) is 44.4. The molecule has 8 rings (SSSR count). The normalized spacial score (nSPS) is 30.9. The van der Waals surface area contributed by atoms with Crippen LogP contribution in [0.2, 0.25) is 0 Å². The number of aliphatic hydroxyl groups excluding tert-OH is 8. The molecule has 96 heavy (non-hydrogen) atoms. The summed E-state index contributed by atoms with van der Waals surface area (Å²) in [6, 6.07) is 0. The molecule has 4 saturated heterocycles. The van der Waals surface area contributed by atoms with Gasteiger partial charge < -0.3 is 105 Å². The van der Waals surface area contributed by atoms with Crippen LogP contribution in [0.5, 0.6) is 0 Å². The summed E-state index contributed by atoms with van der Waals surface area (Å²) in [6.07, 6.45) is 23.0. The maximum atomic E-state index is 11.3. The van der Waals surface area contributed by atoms with Gasteiger partial charge in [-0.3, -0.25) is 4.79 Å². The monoisotopic (exact) mass is 1420 g/mol. The molecule has 0 aliphatic carbocycles. The number of nitrogens with two attached hydrogens (primary N) is 1. The largest absolute Gasteiger partial charge is 0.391 e. The van der Waals surface area contributed by atoms with Crippen LogP contribution in [0.3, 0.4) is 0 Å². The number of methoxy groups -OCH3 is 1. The topological polar surface area (TPSA) is 332 Å². The molecule has 0 aromatic carbocycles. The van der Waals surface area contributed by atoms with Gasteiger partial charge in [0.2, 0.25) is 5.91 Å². The average molecular weight is 1420 g/mol. The Kier molecular flexibility index (Phi) is 29.6.